The maximum absolute atomic E-state index is 12.5. The van der Waals surface area contributed by atoms with E-state index in [0.717, 1.165) is 11.3 Å². The fourth-order valence-corrected chi connectivity index (χ4v) is 2.27. The number of nitrogens with two attached hydrogens (primary N) is 1. The summed E-state index contributed by atoms with van der Waals surface area (Å²) in [6, 6.07) is 9.62. The van der Waals surface area contributed by atoms with Gasteiger partial charge in [-0.15, -0.1) is 0 Å². The second-order valence-electron chi connectivity index (χ2n) is 5.57. The van der Waals surface area contributed by atoms with Crippen molar-refractivity contribution < 1.29 is 13.5 Å². The van der Waals surface area contributed by atoms with E-state index in [9.17, 15) is 4.39 Å². The van der Waals surface area contributed by atoms with Crippen LogP contribution in [0.3, 0.4) is 0 Å². The highest BCUT2D eigenvalue weighted by atomic mass is 19.1. The average molecular weight is 342 g/mol. The Hall–Kier alpha value is -2.93. The van der Waals surface area contributed by atoms with E-state index >= 15 is 0 Å². The third-order valence-corrected chi connectivity index (χ3v) is 3.61. The predicted octanol–water partition coefficient (Wildman–Crippen LogP) is 3.33. The number of halogens is 1. The maximum atomic E-state index is 12.5. The fourth-order valence-electron chi connectivity index (χ4n) is 2.27. The van der Waals surface area contributed by atoms with Crippen LogP contribution in [0.2, 0.25) is 0 Å². The SMILES string of the molecule is Cc1cc(CNc2nc3ccc(OC/C(=C\F)CN)cc3o2)ccn1. The molecule has 0 radical (unpaired) electrons. The Labute approximate surface area is 144 Å². The monoisotopic (exact) mass is 342 g/mol. The number of pyridine rings is 1. The molecule has 130 valence electrons. The van der Waals surface area contributed by atoms with Crippen molar-refractivity contribution in [3.63, 3.8) is 0 Å². The molecule has 3 N–H and O–H groups in total. The Balaban J connectivity index is 1.67. The Bertz CT molecular complexity index is 892. The van der Waals surface area contributed by atoms with Crippen molar-refractivity contribution in [3.8, 4) is 5.75 Å². The van der Waals surface area contributed by atoms with Gasteiger partial charge in [0.15, 0.2) is 5.58 Å². The Morgan fingerprint density at radius 1 is 1.36 bits per heavy atom. The van der Waals surface area contributed by atoms with E-state index in [1.807, 2.05) is 19.1 Å². The molecule has 1 aromatic carbocycles. The van der Waals surface area contributed by atoms with Crippen LogP contribution in [0.4, 0.5) is 10.4 Å². The van der Waals surface area contributed by atoms with Crippen LogP contribution in [0.25, 0.3) is 11.1 Å². The molecule has 0 spiro atoms. The number of nitrogens with one attached hydrogen (secondary N) is 1. The van der Waals surface area contributed by atoms with Crippen LogP contribution in [-0.4, -0.2) is 23.1 Å². The van der Waals surface area contributed by atoms with Gasteiger partial charge in [0.05, 0.1) is 6.33 Å². The van der Waals surface area contributed by atoms with Gasteiger partial charge in [-0.1, -0.05) is 0 Å². The van der Waals surface area contributed by atoms with Crippen molar-refractivity contribution >= 4 is 17.1 Å². The quantitative estimate of drug-likeness (QED) is 0.685. The van der Waals surface area contributed by atoms with E-state index in [0.29, 0.717) is 41.3 Å². The molecule has 25 heavy (non-hydrogen) atoms. The molecule has 0 aliphatic heterocycles. The molecule has 2 heterocycles. The number of benzene rings is 1. The van der Waals surface area contributed by atoms with Crippen LogP contribution < -0.4 is 15.8 Å². The Kier molecular flexibility index (Phi) is 5.25. The van der Waals surface area contributed by atoms with Crippen LogP contribution >= 0.6 is 0 Å². The molecular weight excluding hydrogens is 323 g/mol. The summed E-state index contributed by atoms with van der Waals surface area (Å²) in [7, 11) is 0. The van der Waals surface area contributed by atoms with Crippen molar-refractivity contribution in [2.24, 2.45) is 5.73 Å². The molecule has 0 amide bonds. The highest BCUT2D eigenvalue weighted by Gasteiger charge is 2.08. The summed E-state index contributed by atoms with van der Waals surface area (Å²) < 4.78 is 23.7. The number of anilines is 1. The number of fused-ring (bicyclic) bond motifs is 1. The molecule has 0 saturated heterocycles. The van der Waals surface area contributed by atoms with Crippen LogP contribution in [0.5, 0.6) is 5.75 Å². The lowest BCUT2D eigenvalue weighted by atomic mass is 10.2. The van der Waals surface area contributed by atoms with Gasteiger partial charge in [0.25, 0.3) is 6.01 Å². The third-order valence-electron chi connectivity index (χ3n) is 3.61. The van der Waals surface area contributed by atoms with Gasteiger partial charge in [-0.3, -0.25) is 4.98 Å². The minimum absolute atomic E-state index is 0.0964. The normalized spacial score (nSPS) is 11.7. The largest absolute Gasteiger partial charge is 0.489 e. The number of hydrogen-bond donors (Lipinski definition) is 2. The smallest absolute Gasteiger partial charge is 0.295 e. The maximum Gasteiger partial charge on any atom is 0.295 e. The molecule has 0 bridgehead atoms. The summed E-state index contributed by atoms with van der Waals surface area (Å²) in [5.74, 6) is 0.563. The molecule has 0 aliphatic carbocycles. The Morgan fingerprint density at radius 2 is 2.24 bits per heavy atom. The van der Waals surface area contributed by atoms with Gasteiger partial charge in [0.1, 0.15) is 17.9 Å². The van der Waals surface area contributed by atoms with Gasteiger partial charge < -0.3 is 20.2 Å². The van der Waals surface area contributed by atoms with E-state index in [2.05, 4.69) is 15.3 Å². The third kappa shape index (κ3) is 4.33. The standard InChI is InChI=1S/C18H19FN4O2/c1-12-6-13(4-5-21-12)10-22-18-23-16-3-2-15(7-17(16)25-18)24-11-14(8-19)9-20/h2-8H,9-11,20H2,1H3,(H,22,23)/b14-8-. The summed E-state index contributed by atoms with van der Waals surface area (Å²) >= 11 is 0. The molecule has 3 aromatic rings. The van der Waals surface area contributed by atoms with Crippen molar-refractivity contribution in [2.45, 2.75) is 13.5 Å². The molecule has 7 heteroatoms. The molecule has 0 fully saturated rings. The first-order valence-electron chi connectivity index (χ1n) is 7.85. The van der Waals surface area contributed by atoms with E-state index in [1.54, 1.807) is 24.4 Å². The number of nitrogens with zero attached hydrogens (tertiary/aromatic N) is 2. The molecule has 0 atom stereocenters. The first-order chi connectivity index (χ1) is 12.2. The summed E-state index contributed by atoms with van der Waals surface area (Å²) in [5.41, 5.74) is 9.13. The summed E-state index contributed by atoms with van der Waals surface area (Å²) in [6.45, 7) is 2.74. The van der Waals surface area contributed by atoms with Crippen LogP contribution in [0.1, 0.15) is 11.3 Å². The summed E-state index contributed by atoms with van der Waals surface area (Å²) in [4.78, 5) is 8.54. The van der Waals surface area contributed by atoms with Crippen LogP contribution in [0.15, 0.2) is 52.8 Å². The van der Waals surface area contributed by atoms with E-state index in [1.165, 1.54) is 0 Å². The first-order valence-corrected chi connectivity index (χ1v) is 7.85. The van der Waals surface area contributed by atoms with Crippen molar-refractivity contribution in [1.29, 1.82) is 0 Å². The van der Waals surface area contributed by atoms with E-state index in [-0.39, 0.29) is 13.2 Å². The van der Waals surface area contributed by atoms with Gasteiger partial charge in [0.2, 0.25) is 0 Å². The molecule has 6 nitrogen and oxygen atoms in total. The van der Waals surface area contributed by atoms with Gasteiger partial charge in [0, 0.05) is 36.6 Å². The number of rotatable bonds is 7. The topological polar surface area (TPSA) is 86.2 Å². The fraction of sp³-hybridized carbons (Fsp3) is 0.222. The molecule has 0 saturated carbocycles. The number of aromatic nitrogens is 2. The molecule has 0 unspecified atom stereocenters. The average Bonchev–Trinajstić information content (AvgIpc) is 3.03. The molecule has 3 rings (SSSR count). The number of aryl methyl sites for hydroxylation is 1. The Morgan fingerprint density at radius 3 is 3.00 bits per heavy atom. The zero-order chi connectivity index (χ0) is 17.6. The zero-order valence-corrected chi connectivity index (χ0v) is 13.8. The lowest BCUT2D eigenvalue weighted by Gasteiger charge is -2.06. The number of hydrogen-bond acceptors (Lipinski definition) is 6. The molecular formula is C18H19FN4O2. The summed E-state index contributed by atoms with van der Waals surface area (Å²) in [5, 5.41) is 3.14. The lowest BCUT2D eigenvalue weighted by molar-refractivity contribution is 0.347. The van der Waals surface area contributed by atoms with Crippen molar-refractivity contribution in [1.82, 2.24) is 9.97 Å². The van der Waals surface area contributed by atoms with E-state index < -0.39 is 0 Å². The minimum atomic E-state index is 0.0964. The second-order valence-corrected chi connectivity index (χ2v) is 5.57. The lowest BCUT2D eigenvalue weighted by Crippen LogP contribution is -2.10. The number of oxazole rings is 1. The molecule has 0 aliphatic rings. The first kappa shape index (κ1) is 16.9. The minimum Gasteiger partial charge on any atom is -0.489 e. The second kappa shape index (κ2) is 7.76. The predicted molar refractivity (Wildman–Crippen MR) is 94.1 cm³/mol. The van der Waals surface area contributed by atoms with Gasteiger partial charge in [-0.2, -0.15) is 4.98 Å². The highest BCUT2D eigenvalue weighted by molar-refractivity contribution is 5.76. The van der Waals surface area contributed by atoms with Crippen LogP contribution in [0, 0.1) is 6.92 Å². The van der Waals surface area contributed by atoms with Crippen molar-refractivity contribution in [3.05, 3.63) is 59.7 Å². The molecule has 2 aromatic heterocycles. The van der Waals surface area contributed by atoms with Gasteiger partial charge in [-0.05, 0) is 36.8 Å². The van der Waals surface area contributed by atoms with Gasteiger partial charge >= 0.3 is 0 Å². The number of ether oxygens (including phenoxy) is 1. The van der Waals surface area contributed by atoms with Crippen molar-refractivity contribution in [2.75, 3.05) is 18.5 Å². The zero-order valence-electron chi connectivity index (χ0n) is 13.8. The summed E-state index contributed by atoms with van der Waals surface area (Å²) in [6.07, 6.45) is 2.24. The highest BCUT2D eigenvalue weighted by Crippen LogP contribution is 2.24. The van der Waals surface area contributed by atoms with E-state index in [4.69, 9.17) is 14.9 Å². The van der Waals surface area contributed by atoms with Gasteiger partial charge in [-0.25, -0.2) is 4.39 Å². The van der Waals surface area contributed by atoms with Crippen LogP contribution in [-0.2, 0) is 6.54 Å².